The Hall–Kier alpha value is -2.62. The Morgan fingerprint density at radius 3 is 1.64 bits per heavy atom. The first-order valence-corrected chi connectivity index (χ1v) is 24.5. The van der Waals surface area contributed by atoms with Gasteiger partial charge in [-0.15, -0.1) is 0 Å². The Morgan fingerprint density at radius 2 is 1.09 bits per heavy atom. The summed E-state index contributed by atoms with van der Waals surface area (Å²) in [5.74, 6) is 12.7. The molecule has 2 heterocycles. The summed E-state index contributed by atoms with van der Waals surface area (Å²) in [5.41, 5.74) is 2.81. The van der Waals surface area contributed by atoms with Crippen LogP contribution in [-0.2, 0) is 9.68 Å². The fourth-order valence-electron chi connectivity index (χ4n) is 17.5. The van der Waals surface area contributed by atoms with Gasteiger partial charge in [0.15, 0.2) is 0 Å². The maximum Gasteiger partial charge on any atom is 0.139 e. The van der Waals surface area contributed by atoms with Gasteiger partial charge in [0.1, 0.15) is 12.2 Å². The van der Waals surface area contributed by atoms with Gasteiger partial charge < -0.3 is 9.68 Å². The predicted octanol–water partition coefficient (Wildman–Crippen LogP) is 12.7. The molecular weight excluding hydrogens is 709 g/mol. The molecule has 0 radical (unpaired) electrons. The van der Waals surface area contributed by atoms with Crippen LogP contribution >= 0.6 is 0 Å². The molecule has 2 aliphatic heterocycles. The van der Waals surface area contributed by atoms with Crippen molar-refractivity contribution in [2.45, 2.75) is 125 Å². The van der Waals surface area contributed by atoms with Gasteiger partial charge in [-0.1, -0.05) is 118 Å². The molecule has 0 N–H and O–H groups in total. The van der Waals surface area contributed by atoms with Gasteiger partial charge >= 0.3 is 0 Å². The average Bonchev–Trinajstić information content (AvgIpc) is 4.03. The van der Waals surface area contributed by atoms with Crippen LogP contribution in [0.4, 0.5) is 0 Å². The first-order chi connectivity index (χ1) is 28.1. The van der Waals surface area contributed by atoms with Crippen molar-refractivity contribution in [2.24, 2.45) is 134 Å². The van der Waals surface area contributed by atoms with E-state index in [1.165, 1.54) is 69.2 Å². The molecule has 0 spiro atoms. The molecule has 11 aliphatic rings. The molecule has 22 atom stereocenters. The van der Waals surface area contributed by atoms with Crippen LogP contribution < -0.4 is 0 Å². The molecule has 11 rings (SSSR count). The van der Waals surface area contributed by atoms with E-state index in [1.54, 1.807) is 0 Å². The van der Waals surface area contributed by atoms with Gasteiger partial charge in [-0.2, -0.15) is 0 Å². The van der Waals surface area contributed by atoms with E-state index in [0.29, 0.717) is 65.1 Å². The minimum atomic E-state index is -0.0131. The molecule has 0 amide bonds. The van der Waals surface area contributed by atoms with Crippen molar-refractivity contribution >= 4 is 11.4 Å². The third-order valence-corrected chi connectivity index (χ3v) is 20.5. The molecule has 58 heavy (non-hydrogen) atoms. The monoisotopic (exact) mass is 783 g/mol. The summed E-state index contributed by atoms with van der Waals surface area (Å²) in [7, 11) is 0. The van der Waals surface area contributed by atoms with Crippen LogP contribution in [0.3, 0.4) is 0 Å². The standard InChI is InChI=1S/C54H74N2O2/c1-8-12-36-26-34(20-18-32-24-30(3)38-14-10-16-40(32)38)42-28-44-49(55-57-50(44)47(36)42)46-22-23-54(7,53(46,5)6)52-45-29-43-35(27-37(13-9-2)48(43)51(45)58-56-52)21-19-33-25-31(4)39-15-11-17-41(33)39/h8-15,18-21,30-48,50-51H,16-17,22-29H2,1-7H3/b12-8+,13-9+,20-18+,21-19+. The summed E-state index contributed by atoms with van der Waals surface area (Å²) >= 11 is 0. The lowest BCUT2D eigenvalue weighted by Crippen LogP contribution is -2.46. The minimum Gasteiger partial charge on any atom is -0.391 e. The summed E-state index contributed by atoms with van der Waals surface area (Å²) in [5, 5.41) is 10.3. The predicted molar refractivity (Wildman–Crippen MR) is 237 cm³/mol. The van der Waals surface area contributed by atoms with E-state index in [1.807, 2.05) is 0 Å². The molecule has 9 aliphatic carbocycles. The molecule has 312 valence electrons. The van der Waals surface area contributed by atoms with Gasteiger partial charge in [0, 0.05) is 35.0 Å². The quantitative estimate of drug-likeness (QED) is 0.230. The Kier molecular flexibility index (Phi) is 9.39. The van der Waals surface area contributed by atoms with Crippen molar-refractivity contribution in [3.63, 3.8) is 0 Å². The van der Waals surface area contributed by atoms with Crippen LogP contribution in [0.15, 0.2) is 83.2 Å². The van der Waals surface area contributed by atoms with E-state index in [4.69, 9.17) is 20.0 Å². The Balaban J connectivity index is 0.801. The van der Waals surface area contributed by atoms with Crippen molar-refractivity contribution < 1.29 is 9.68 Å². The van der Waals surface area contributed by atoms with Gasteiger partial charge in [0.25, 0.3) is 0 Å². The molecule has 0 aromatic heterocycles. The first kappa shape index (κ1) is 38.3. The largest absolute Gasteiger partial charge is 0.391 e. The maximum atomic E-state index is 6.71. The van der Waals surface area contributed by atoms with E-state index < -0.39 is 0 Å². The molecule has 4 heteroatoms. The SMILES string of the molecule is C/C=C/C1CC(/C=C/C2CC(C)C3C=CCC23)C2CC3C(C4CCC(C)(C5=NOC6C5CC5C(/C=C/C7CC(C)C8C=CCC78)CC(/C=C/C)C56)C4(C)C)=NOC3C12. The third-order valence-electron chi connectivity index (χ3n) is 20.5. The van der Waals surface area contributed by atoms with Crippen molar-refractivity contribution in [3.8, 4) is 0 Å². The van der Waals surface area contributed by atoms with Crippen LogP contribution in [0.25, 0.3) is 0 Å². The highest BCUT2D eigenvalue weighted by atomic mass is 16.6. The van der Waals surface area contributed by atoms with Gasteiger partial charge in [0.05, 0.1) is 11.4 Å². The van der Waals surface area contributed by atoms with E-state index >= 15 is 0 Å². The van der Waals surface area contributed by atoms with Crippen LogP contribution in [-0.4, -0.2) is 23.6 Å². The smallest absolute Gasteiger partial charge is 0.139 e. The molecule has 0 bridgehead atoms. The zero-order valence-corrected chi connectivity index (χ0v) is 36.8. The summed E-state index contributed by atoms with van der Waals surface area (Å²) in [6.45, 7) is 17.1. The highest BCUT2D eigenvalue weighted by Gasteiger charge is 2.67. The second kappa shape index (κ2) is 14.2. The average molecular weight is 783 g/mol. The van der Waals surface area contributed by atoms with Crippen LogP contribution in [0, 0.1) is 123 Å². The van der Waals surface area contributed by atoms with E-state index in [9.17, 15) is 0 Å². The second-order valence-corrected chi connectivity index (χ2v) is 23.0. The summed E-state index contributed by atoms with van der Waals surface area (Å²) in [4.78, 5) is 13.4. The molecular formula is C54H74N2O2. The van der Waals surface area contributed by atoms with Crippen LogP contribution in [0.1, 0.15) is 113 Å². The zero-order chi connectivity index (χ0) is 39.7. The molecule has 22 unspecified atom stereocenters. The van der Waals surface area contributed by atoms with E-state index in [2.05, 4.69) is 121 Å². The van der Waals surface area contributed by atoms with Crippen LogP contribution in [0.5, 0.6) is 0 Å². The highest BCUT2D eigenvalue weighted by Crippen LogP contribution is 2.66. The first-order valence-electron chi connectivity index (χ1n) is 24.5. The van der Waals surface area contributed by atoms with Gasteiger partial charge in [-0.25, -0.2) is 0 Å². The maximum absolute atomic E-state index is 6.71. The van der Waals surface area contributed by atoms with E-state index in [-0.39, 0.29) is 23.0 Å². The Morgan fingerprint density at radius 1 is 0.586 bits per heavy atom. The normalized spacial score (nSPS) is 54.2. The second-order valence-electron chi connectivity index (χ2n) is 23.0. The number of fused-ring (bicyclic) bond motifs is 8. The summed E-state index contributed by atoms with van der Waals surface area (Å²) in [6, 6.07) is 0. The number of oxime groups is 2. The van der Waals surface area contributed by atoms with Crippen molar-refractivity contribution in [3.05, 3.63) is 72.9 Å². The number of hydrogen-bond donors (Lipinski definition) is 0. The fourth-order valence-corrected chi connectivity index (χ4v) is 17.5. The van der Waals surface area contributed by atoms with Crippen molar-refractivity contribution in [2.75, 3.05) is 0 Å². The zero-order valence-electron chi connectivity index (χ0n) is 36.8. The highest BCUT2D eigenvalue weighted by molar-refractivity contribution is 5.97. The molecule has 0 saturated heterocycles. The number of hydrogen-bond acceptors (Lipinski definition) is 4. The van der Waals surface area contributed by atoms with Crippen molar-refractivity contribution in [1.29, 1.82) is 0 Å². The summed E-state index contributed by atoms with van der Waals surface area (Å²) in [6.07, 6.45) is 43.5. The van der Waals surface area contributed by atoms with Gasteiger partial charge in [0.2, 0.25) is 0 Å². The van der Waals surface area contributed by atoms with E-state index in [0.717, 1.165) is 53.8 Å². The number of rotatable bonds is 8. The Bertz CT molecular complexity index is 1860. The lowest BCUT2D eigenvalue weighted by molar-refractivity contribution is 0.0276. The molecule has 0 aromatic carbocycles. The van der Waals surface area contributed by atoms with Crippen LogP contribution in [0.2, 0.25) is 0 Å². The fraction of sp³-hybridized carbons (Fsp3) is 0.741. The minimum absolute atomic E-state index is 0.0131. The number of allylic oxidation sites excluding steroid dienone is 12. The topological polar surface area (TPSA) is 43.2 Å². The lowest BCUT2D eigenvalue weighted by Gasteiger charge is -2.43. The molecule has 4 nitrogen and oxygen atoms in total. The van der Waals surface area contributed by atoms with Gasteiger partial charge in [-0.3, -0.25) is 0 Å². The third kappa shape index (κ3) is 5.55. The number of nitrogens with zero attached hydrogens (tertiary/aromatic N) is 2. The molecule has 7 fully saturated rings. The summed E-state index contributed by atoms with van der Waals surface area (Å²) < 4.78 is 0. The van der Waals surface area contributed by atoms with Gasteiger partial charge in [-0.05, 0) is 166 Å². The lowest BCUT2D eigenvalue weighted by atomic mass is 9.59. The Labute approximate surface area is 351 Å². The van der Waals surface area contributed by atoms with Crippen molar-refractivity contribution in [1.82, 2.24) is 0 Å². The molecule has 0 aromatic rings. The molecule has 7 saturated carbocycles.